The van der Waals surface area contributed by atoms with Crippen molar-refractivity contribution in [2.45, 2.75) is 69.1 Å². The Morgan fingerprint density at radius 1 is 1.18 bits per heavy atom. The van der Waals surface area contributed by atoms with Gasteiger partial charge in [-0.1, -0.05) is 30.3 Å². The van der Waals surface area contributed by atoms with Crippen molar-refractivity contribution in [3.05, 3.63) is 35.9 Å². The number of carbonyl (C=O) groups is 1. The fraction of sp³-hybridized carbons (Fsp3) is 0.611. The number of alkyl carbamates (subject to hydrolysis) is 1. The molecule has 3 rings (SSSR count). The van der Waals surface area contributed by atoms with Gasteiger partial charge in [-0.3, -0.25) is 0 Å². The van der Waals surface area contributed by atoms with E-state index < -0.39 is 5.60 Å². The van der Waals surface area contributed by atoms with Crippen LogP contribution in [0, 0.1) is 0 Å². The van der Waals surface area contributed by atoms with Gasteiger partial charge in [-0.25, -0.2) is 4.79 Å². The lowest BCUT2D eigenvalue weighted by Crippen LogP contribution is -2.50. The van der Waals surface area contributed by atoms with Crippen LogP contribution < -0.4 is 11.1 Å². The Morgan fingerprint density at radius 3 is 2.23 bits per heavy atom. The maximum atomic E-state index is 12.2. The zero-order valence-electron chi connectivity index (χ0n) is 13.7. The third-order valence-electron chi connectivity index (χ3n) is 4.63. The van der Waals surface area contributed by atoms with Gasteiger partial charge >= 0.3 is 6.09 Å². The molecule has 1 atom stereocenters. The Balaban J connectivity index is 1.81. The molecule has 1 aromatic rings. The van der Waals surface area contributed by atoms with E-state index in [1.807, 2.05) is 39.0 Å². The van der Waals surface area contributed by atoms with E-state index in [1.165, 1.54) is 5.56 Å². The molecule has 22 heavy (non-hydrogen) atoms. The first-order chi connectivity index (χ1) is 10.2. The second-order valence-electron chi connectivity index (χ2n) is 7.86. The second kappa shape index (κ2) is 4.98. The van der Waals surface area contributed by atoms with Crippen molar-refractivity contribution in [3.63, 3.8) is 0 Å². The molecule has 120 valence electrons. The minimum Gasteiger partial charge on any atom is -0.444 e. The first-order valence-electron chi connectivity index (χ1n) is 8.09. The monoisotopic (exact) mass is 302 g/mol. The van der Waals surface area contributed by atoms with Crippen molar-refractivity contribution in [1.29, 1.82) is 0 Å². The van der Waals surface area contributed by atoms with Crippen molar-refractivity contribution in [3.8, 4) is 0 Å². The van der Waals surface area contributed by atoms with Gasteiger partial charge in [0, 0.05) is 11.5 Å². The van der Waals surface area contributed by atoms with E-state index in [9.17, 15) is 4.79 Å². The summed E-state index contributed by atoms with van der Waals surface area (Å²) in [6.07, 6.45) is 3.62. The van der Waals surface area contributed by atoms with Crippen LogP contribution in [0.4, 0.5) is 4.79 Å². The quantitative estimate of drug-likeness (QED) is 0.896. The van der Waals surface area contributed by atoms with Crippen molar-refractivity contribution in [2.24, 2.45) is 5.73 Å². The molecule has 4 nitrogen and oxygen atoms in total. The fourth-order valence-electron chi connectivity index (χ4n) is 3.41. The molecule has 0 aliphatic heterocycles. The number of rotatable bonds is 4. The Morgan fingerprint density at radius 2 is 1.77 bits per heavy atom. The highest BCUT2D eigenvalue weighted by Gasteiger charge is 2.61. The number of carbonyl (C=O) groups excluding carboxylic acids is 1. The van der Waals surface area contributed by atoms with Gasteiger partial charge in [-0.05, 0) is 52.0 Å². The lowest BCUT2D eigenvalue weighted by molar-refractivity contribution is 0.0482. The average Bonchev–Trinajstić information content (AvgIpc) is 3.30. The van der Waals surface area contributed by atoms with Crippen molar-refractivity contribution in [1.82, 2.24) is 5.32 Å². The topological polar surface area (TPSA) is 64.3 Å². The molecule has 0 radical (unpaired) electrons. The van der Waals surface area contributed by atoms with Gasteiger partial charge < -0.3 is 15.8 Å². The van der Waals surface area contributed by atoms with E-state index in [2.05, 4.69) is 17.4 Å². The van der Waals surface area contributed by atoms with Crippen LogP contribution in [0.3, 0.4) is 0 Å². The summed E-state index contributed by atoms with van der Waals surface area (Å²) in [5.74, 6) is 0.161. The minimum absolute atomic E-state index is 0.161. The summed E-state index contributed by atoms with van der Waals surface area (Å²) >= 11 is 0. The molecule has 2 aliphatic carbocycles. The van der Waals surface area contributed by atoms with E-state index in [0.29, 0.717) is 0 Å². The summed E-state index contributed by atoms with van der Waals surface area (Å²) < 4.78 is 5.44. The summed E-state index contributed by atoms with van der Waals surface area (Å²) in [7, 11) is 0. The predicted molar refractivity (Wildman–Crippen MR) is 86.7 cm³/mol. The molecule has 3 N–H and O–H groups in total. The van der Waals surface area contributed by atoms with Crippen LogP contribution in [0.5, 0.6) is 0 Å². The van der Waals surface area contributed by atoms with Gasteiger partial charge in [0.25, 0.3) is 0 Å². The van der Waals surface area contributed by atoms with E-state index in [1.54, 1.807) is 0 Å². The van der Waals surface area contributed by atoms with E-state index in [-0.39, 0.29) is 23.1 Å². The summed E-state index contributed by atoms with van der Waals surface area (Å²) in [5, 5.41) is 3.13. The third kappa shape index (κ3) is 3.12. The van der Waals surface area contributed by atoms with Crippen LogP contribution in [0.1, 0.15) is 57.9 Å². The zero-order valence-corrected chi connectivity index (χ0v) is 13.7. The highest BCUT2D eigenvalue weighted by molar-refractivity contribution is 5.70. The average molecular weight is 302 g/mol. The van der Waals surface area contributed by atoms with Crippen LogP contribution in [-0.4, -0.2) is 22.8 Å². The number of nitrogens with two attached hydrogens (primary N) is 1. The standard InChI is InChI=1S/C18H26N2O2/c1-16(2,3)22-15(21)20-18(11-12-18)14(17(19)9-10-17)13-7-5-4-6-8-13/h4-8,14H,9-12,19H2,1-3H3,(H,20,21). The van der Waals surface area contributed by atoms with Crippen LogP contribution >= 0.6 is 0 Å². The Bertz CT molecular complexity index is 554. The van der Waals surface area contributed by atoms with Crippen LogP contribution in [0.2, 0.25) is 0 Å². The normalized spacial score (nSPS) is 22.5. The number of ether oxygens (including phenoxy) is 1. The highest BCUT2D eigenvalue weighted by Crippen LogP contribution is 2.58. The van der Waals surface area contributed by atoms with Gasteiger partial charge in [-0.2, -0.15) is 0 Å². The van der Waals surface area contributed by atoms with Gasteiger partial charge in [0.15, 0.2) is 0 Å². The van der Waals surface area contributed by atoms with E-state index >= 15 is 0 Å². The summed E-state index contributed by atoms with van der Waals surface area (Å²) in [5.41, 5.74) is 6.87. The highest BCUT2D eigenvalue weighted by atomic mass is 16.6. The molecule has 2 saturated carbocycles. The first kappa shape index (κ1) is 15.3. The minimum atomic E-state index is -0.484. The third-order valence-corrected chi connectivity index (χ3v) is 4.63. The number of hydrogen-bond donors (Lipinski definition) is 2. The smallest absolute Gasteiger partial charge is 0.408 e. The Labute approximate surface area is 132 Å². The molecule has 1 unspecified atom stereocenters. The van der Waals surface area contributed by atoms with Gasteiger partial charge in [0.2, 0.25) is 0 Å². The molecule has 1 aromatic carbocycles. The molecule has 0 heterocycles. The molecule has 1 amide bonds. The fourth-order valence-corrected chi connectivity index (χ4v) is 3.41. The van der Waals surface area contributed by atoms with E-state index in [0.717, 1.165) is 25.7 Å². The lowest BCUT2D eigenvalue weighted by atomic mass is 9.81. The molecular formula is C18H26N2O2. The molecule has 0 bridgehead atoms. The number of amides is 1. The summed E-state index contributed by atoms with van der Waals surface area (Å²) in [4.78, 5) is 12.2. The molecule has 0 spiro atoms. The molecule has 2 aliphatic rings. The first-order valence-corrected chi connectivity index (χ1v) is 8.09. The molecule has 0 saturated heterocycles. The molecule has 0 aromatic heterocycles. The Hall–Kier alpha value is -1.55. The van der Waals surface area contributed by atoms with Crippen LogP contribution in [0.25, 0.3) is 0 Å². The number of nitrogens with one attached hydrogen (secondary N) is 1. The largest absolute Gasteiger partial charge is 0.444 e. The maximum Gasteiger partial charge on any atom is 0.408 e. The lowest BCUT2D eigenvalue weighted by Gasteiger charge is -2.34. The van der Waals surface area contributed by atoms with Gasteiger partial charge in [0.1, 0.15) is 5.60 Å². The SMILES string of the molecule is CC(C)(C)OC(=O)NC1(C(c2ccccc2)C2(N)CC2)CC1. The Kier molecular flexibility index (Phi) is 3.48. The summed E-state index contributed by atoms with van der Waals surface area (Å²) in [6, 6.07) is 10.3. The second-order valence-corrected chi connectivity index (χ2v) is 7.86. The van der Waals surface area contributed by atoms with Crippen LogP contribution in [0.15, 0.2) is 30.3 Å². The number of hydrogen-bond acceptors (Lipinski definition) is 3. The predicted octanol–water partition coefficient (Wildman–Crippen LogP) is 3.32. The van der Waals surface area contributed by atoms with Crippen LogP contribution in [-0.2, 0) is 4.74 Å². The molecular weight excluding hydrogens is 276 g/mol. The zero-order chi connectivity index (χ0) is 16.0. The maximum absolute atomic E-state index is 12.2. The number of benzene rings is 1. The molecule has 4 heteroatoms. The van der Waals surface area contributed by atoms with Gasteiger partial charge in [-0.15, -0.1) is 0 Å². The van der Waals surface area contributed by atoms with Crippen molar-refractivity contribution >= 4 is 6.09 Å². The van der Waals surface area contributed by atoms with Gasteiger partial charge in [0.05, 0.1) is 5.54 Å². The van der Waals surface area contributed by atoms with Crippen molar-refractivity contribution in [2.75, 3.05) is 0 Å². The molecule has 2 fully saturated rings. The van der Waals surface area contributed by atoms with Crippen molar-refractivity contribution < 1.29 is 9.53 Å². The van der Waals surface area contributed by atoms with E-state index in [4.69, 9.17) is 10.5 Å². The summed E-state index contributed by atoms with van der Waals surface area (Å²) in [6.45, 7) is 5.64.